The van der Waals surface area contributed by atoms with Gasteiger partial charge in [-0.2, -0.15) is 0 Å². The Morgan fingerprint density at radius 3 is 2.75 bits per heavy atom. The molecule has 1 aromatic carbocycles. The molecule has 1 saturated heterocycles. The van der Waals surface area contributed by atoms with Gasteiger partial charge in [0.25, 0.3) is 0 Å². The van der Waals surface area contributed by atoms with Crippen LogP contribution in [0.3, 0.4) is 0 Å². The number of anilines is 1. The summed E-state index contributed by atoms with van der Waals surface area (Å²) in [5.41, 5.74) is -0.444. The van der Waals surface area contributed by atoms with Crippen LogP contribution in [0.5, 0.6) is 5.75 Å². The molecule has 6 nitrogen and oxygen atoms in total. The van der Waals surface area contributed by atoms with Crippen molar-refractivity contribution in [2.45, 2.75) is 31.7 Å². The molecule has 6 heteroatoms. The number of carbonyl (C=O) groups excluding carboxylic acids is 1. The smallest absolute Gasteiger partial charge is 0.339 e. The Bertz CT molecular complexity index is 536. The Balaban J connectivity index is 2.19. The SMILES string of the molecule is CCC1(C(=O)Nc2ccc(O)c(C(=O)O)c2)CCCN1. The normalized spacial score (nSPS) is 21.6. The highest BCUT2D eigenvalue weighted by atomic mass is 16.4. The third-order valence-corrected chi connectivity index (χ3v) is 3.77. The number of carbonyl (C=O) groups is 2. The van der Waals surface area contributed by atoms with Gasteiger partial charge in [-0.05, 0) is 44.0 Å². The zero-order chi connectivity index (χ0) is 14.8. The number of aromatic hydroxyl groups is 1. The van der Waals surface area contributed by atoms with Crippen LogP contribution in [0.15, 0.2) is 18.2 Å². The van der Waals surface area contributed by atoms with Gasteiger partial charge in [-0.15, -0.1) is 0 Å². The molecule has 1 aliphatic heterocycles. The summed E-state index contributed by atoms with van der Waals surface area (Å²) in [6, 6.07) is 4.01. The Hall–Kier alpha value is -2.08. The van der Waals surface area contributed by atoms with Gasteiger partial charge in [0.15, 0.2) is 0 Å². The predicted octanol–water partition coefficient (Wildman–Crippen LogP) is 1.56. The standard InChI is InChI=1S/C14H18N2O4/c1-2-14(6-3-7-15-14)13(20)16-9-4-5-11(17)10(8-9)12(18)19/h4-5,8,15,17H,2-3,6-7H2,1H3,(H,16,20)(H,18,19). The molecule has 0 saturated carbocycles. The molecule has 0 spiro atoms. The number of carboxylic acid groups (broad SMARTS) is 1. The number of phenols is 1. The summed E-state index contributed by atoms with van der Waals surface area (Å²) in [4.78, 5) is 23.3. The molecular weight excluding hydrogens is 260 g/mol. The number of hydrogen-bond donors (Lipinski definition) is 4. The summed E-state index contributed by atoms with van der Waals surface area (Å²) < 4.78 is 0. The molecule has 1 unspecified atom stereocenters. The number of amides is 1. The molecule has 0 aromatic heterocycles. The second-order valence-electron chi connectivity index (χ2n) is 4.96. The molecule has 4 N–H and O–H groups in total. The van der Waals surface area contributed by atoms with Crippen molar-refractivity contribution in [3.63, 3.8) is 0 Å². The molecule has 1 amide bonds. The highest BCUT2D eigenvalue weighted by Crippen LogP contribution is 2.26. The van der Waals surface area contributed by atoms with Crippen LogP contribution in [-0.2, 0) is 4.79 Å². The van der Waals surface area contributed by atoms with E-state index < -0.39 is 11.5 Å². The van der Waals surface area contributed by atoms with Gasteiger partial charge in [-0.25, -0.2) is 4.79 Å². The van der Waals surface area contributed by atoms with Crippen molar-refractivity contribution >= 4 is 17.6 Å². The first kappa shape index (κ1) is 14.3. The first-order valence-corrected chi connectivity index (χ1v) is 6.61. The van der Waals surface area contributed by atoms with Crippen molar-refractivity contribution in [3.05, 3.63) is 23.8 Å². The molecule has 108 valence electrons. The topological polar surface area (TPSA) is 98.7 Å². The van der Waals surface area contributed by atoms with Crippen LogP contribution < -0.4 is 10.6 Å². The fraction of sp³-hybridized carbons (Fsp3) is 0.429. The zero-order valence-corrected chi connectivity index (χ0v) is 11.3. The lowest BCUT2D eigenvalue weighted by molar-refractivity contribution is -0.122. The monoisotopic (exact) mass is 278 g/mol. The fourth-order valence-electron chi connectivity index (χ4n) is 2.50. The molecule has 0 radical (unpaired) electrons. The lowest BCUT2D eigenvalue weighted by atomic mass is 9.93. The van der Waals surface area contributed by atoms with E-state index in [1.54, 1.807) is 0 Å². The van der Waals surface area contributed by atoms with Gasteiger partial charge >= 0.3 is 5.97 Å². The second-order valence-corrected chi connectivity index (χ2v) is 4.96. The second kappa shape index (κ2) is 5.50. The van der Waals surface area contributed by atoms with E-state index in [0.717, 1.165) is 19.4 Å². The van der Waals surface area contributed by atoms with Crippen molar-refractivity contribution in [3.8, 4) is 5.75 Å². The van der Waals surface area contributed by atoms with Crippen LogP contribution in [0.4, 0.5) is 5.69 Å². The van der Waals surface area contributed by atoms with Crippen LogP contribution >= 0.6 is 0 Å². The van der Waals surface area contributed by atoms with E-state index in [1.165, 1.54) is 18.2 Å². The summed E-state index contributed by atoms with van der Waals surface area (Å²) in [6.07, 6.45) is 2.37. The fourth-order valence-corrected chi connectivity index (χ4v) is 2.50. The lowest BCUT2D eigenvalue weighted by Crippen LogP contribution is -2.50. The average Bonchev–Trinajstić information content (AvgIpc) is 2.90. The molecule has 1 fully saturated rings. The maximum atomic E-state index is 12.4. The quantitative estimate of drug-likeness (QED) is 0.626. The van der Waals surface area contributed by atoms with Crippen molar-refractivity contribution in [2.24, 2.45) is 0 Å². The number of benzene rings is 1. The third-order valence-electron chi connectivity index (χ3n) is 3.77. The molecule has 1 aliphatic rings. The van der Waals surface area contributed by atoms with E-state index in [1.807, 2.05) is 6.92 Å². The number of hydrogen-bond acceptors (Lipinski definition) is 4. The zero-order valence-electron chi connectivity index (χ0n) is 11.3. The lowest BCUT2D eigenvalue weighted by Gasteiger charge is -2.26. The van der Waals surface area contributed by atoms with Crippen molar-refractivity contribution in [2.75, 3.05) is 11.9 Å². The molecular formula is C14H18N2O4. The Morgan fingerprint density at radius 2 is 2.20 bits per heavy atom. The molecule has 0 bridgehead atoms. The molecule has 1 atom stereocenters. The van der Waals surface area contributed by atoms with Crippen molar-refractivity contribution in [1.29, 1.82) is 0 Å². The molecule has 20 heavy (non-hydrogen) atoms. The van der Waals surface area contributed by atoms with E-state index >= 15 is 0 Å². The molecule has 0 aliphatic carbocycles. The third kappa shape index (κ3) is 2.60. The summed E-state index contributed by atoms with van der Waals surface area (Å²) in [5, 5.41) is 24.3. The Morgan fingerprint density at radius 1 is 1.45 bits per heavy atom. The van der Waals surface area contributed by atoms with Gasteiger partial charge in [0, 0.05) is 5.69 Å². The van der Waals surface area contributed by atoms with Crippen LogP contribution in [0.2, 0.25) is 0 Å². The molecule has 2 rings (SSSR count). The van der Waals surface area contributed by atoms with E-state index in [-0.39, 0.29) is 17.2 Å². The van der Waals surface area contributed by atoms with Crippen LogP contribution in [0.1, 0.15) is 36.5 Å². The van der Waals surface area contributed by atoms with Gasteiger partial charge in [0.1, 0.15) is 11.3 Å². The van der Waals surface area contributed by atoms with E-state index in [0.29, 0.717) is 12.1 Å². The highest BCUT2D eigenvalue weighted by molar-refractivity contribution is 6.00. The minimum absolute atomic E-state index is 0.167. The largest absolute Gasteiger partial charge is 0.507 e. The number of aromatic carboxylic acids is 1. The molecule has 1 heterocycles. The number of nitrogens with one attached hydrogen (secondary N) is 2. The van der Waals surface area contributed by atoms with Gasteiger partial charge in [0.05, 0.1) is 5.54 Å². The highest BCUT2D eigenvalue weighted by Gasteiger charge is 2.39. The van der Waals surface area contributed by atoms with Gasteiger partial charge in [-0.3, -0.25) is 4.79 Å². The van der Waals surface area contributed by atoms with Crippen LogP contribution in [0, 0.1) is 0 Å². The minimum atomic E-state index is -1.23. The maximum Gasteiger partial charge on any atom is 0.339 e. The molecule has 1 aromatic rings. The summed E-state index contributed by atoms with van der Waals surface area (Å²) in [5.74, 6) is -1.72. The summed E-state index contributed by atoms with van der Waals surface area (Å²) in [6.45, 7) is 2.74. The number of carboxylic acids is 1. The van der Waals surface area contributed by atoms with E-state index in [4.69, 9.17) is 5.11 Å². The van der Waals surface area contributed by atoms with Gasteiger partial charge in [0.2, 0.25) is 5.91 Å². The first-order valence-electron chi connectivity index (χ1n) is 6.61. The Labute approximate surface area is 116 Å². The average molecular weight is 278 g/mol. The predicted molar refractivity (Wildman–Crippen MR) is 74.0 cm³/mol. The van der Waals surface area contributed by atoms with E-state index in [2.05, 4.69) is 10.6 Å². The summed E-state index contributed by atoms with van der Waals surface area (Å²) >= 11 is 0. The minimum Gasteiger partial charge on any atom is -0.507 e. The Kier molecular flexibility index (Phi) is 3.94. The van der Waals surface area contributed by atoms with Gasteiger partial charge < -0.3 is 20.8 Å². The van der Waals surface area contributed by atoms with Crippen LogP contribution in [0.25, 0.3) is 0 Å². The number of rotatable bonds is 4. The van der Waals surface area contributed by atoms with Crippen molar-refractivity contribution < 1.29 is 19.8 Å². The first-order chi connectivity index (χ1) is 9.48. The maximum absolute atomic E-state index is 12.4. The van der Waals surface area contributed by atoms with Crippen LogP contribution in [-0.4, -0.2) is 34.2 Å². The van der Waals surface area contributed by atoms with E-state index in [9.17, 15) is 14.7 Å². The van der Waals surface area contributed by atoms with Crippen molar-refractivity contribution in [1.82, 2.24) is 5.32 Å². The summed E-state index contributed by atoms with van der Waals surface area (Å²) in [7, 11) is 0. The van der Waals surface area contributed by atoms with Gasteiger partial charge in [-0.1, -0.05) is 6.92 Å².